The molecule has 2 nitrogen and oxygen atoms in total. The van der Waals surface area contributed by atoms with E-state index in [1.54, 1.807) is 7.11 Å². The molecule has 1 atom stereocenters. The normalized spacial score (nSPS) is 12.3. The van der Waals surface area contributed by atoms with Crippen LogP contribution in [0.15, 0.2) is 43.7 Å². The van der Waals surface area contributed by atoms with Crippen LogP contribution in [0, 0.1) is 6.92 Å². The molecule has 0 bridgehead atoms. The summed E-state index contributed by atoms with van der Waals surface area (Å²) in [6.45, 7) is 2.08. The van der Waals surface area contributed by atoms with Crippen molar-refractivity contribution in [2.75, 3.05) is 14.2 Å². The first-order chi connectivity index (χ1) is 9.97. The molecule has 0 aliphatic heterocycles. The number of methoxy groups -OCH3 is 1. The van der Waals surface area contributed by atoms with Crippen molar-refractivity contribution in [3.8, 4) is 5.75 Å². The van der Waals surface area contributed by atoms with Crippen molar-refractivity contribution in [1.29, 1.82) is 0 Å². The van der Waals surface area contributed by atoms with Crippen LogP contribution >= 0.6 is 47.8 Å². The topological polar surface area (TPSA) is 21.3 Å². The average Bonchev–Trinajstić information content (AvgIpc) is 2.46. The van der Waals surface area contributed by atoms with Crippen molar-refractivity contribution in [1.82, 2.24) is 5.32 Å². The van der Waals surface area contributed by atoms with Crippen LogP contribution in [0.2, 0.25) is 0 Å². The lowest BCUT2D eigenvalue weighted by Gasteiger charge is -2.22. The third kappa shape index (κ3) is 3.70. The molecule has 1 N–H and O–H groups in total. The van der Waals surface area contributed by atoms with E-state index in [2.05, 4.69) is 78.2 Å². The first-order valence-electron chi connectivity index (χ1n) is 6.44. The Labute approximate surface area is 150 Å². The van der Waals surface area contributed by atoms with Crippen LogP contribution in [0.4, 0.5) is 0 Å². The number of benzene rings is 2. The Kier molecular flexibility index (Phi) is 5.88. The van der Waals surface area contributed by atoms with Gasteiger partial charge in [-0.25, -0.2) is 0 Å². The fourth-order valence-electron chi connectivity index (χ4n) is 2.28. The molecule has 0 aromatic heterocycles. The van der Waals surface area contributed by atoms with Crippen molar-refractivity contribution < 1.29 is 4.74 Å². The molecule has 1 unspecified atom stereocenters. The second-order valence-corrected chi connectivity index (χ2v) is 7.36. The van der Waals surface area contributed by atoms with Gasteiger partial charge >= 0.3 is 0 Å². The zero-order valence-corrected chi connectivity index (χ0v) is 16.8. The highest BCUT2D eigenvalue weighted by molar-refractivity contribution is 9.11. The number of hydrogen-bond donors (Lipinski definition) is 1. The Morgan fingerprint density at radius 3 is 2.33 bits per heavy atom. The molecule has 0 fully saturated rings. The van der Waals surface area contributed by atoms with Gasteiger partial charge in [0.15, 0.2) is 0 Å². The first-order valence-corrected chi connectivity index (χ1v) is 8.82. The van der Waals surface area contributed by atoms with Gasteiger partial charge in [0.2, 0.25) is 0 Å². The maximum atomic E-state index is 5.53. The Hall–Kier alpha value is -0.360. The maximum Gasteiger partial charge on any atom is 0.125 e. The molecule has 5 heteroatoms. The molecular formula is C16H16Br3NO. The Bertz CT molecular complexity index is 658. The monoisotopic (exact) mass is 475 g/mol. The van der Waals surface area contributed by atoms with Crippen molar-refractivity contribution in [3.05, 3.63) is 60.4 Å². The van der Waals surface area contributed by atoms with E-state index in [4.69, 9.17) is 4.74 Å². The zero-order chi connectivity index (χ0) is 15.6. The van der Waals surface area contributed by atoms with E-state index >= 15 is 0 Å². The second-order valence-electron chi connectivity index (χ2n) is 4.73. The minimum absolute atomic E-state index is 0.0410. The highest BCUT2D eigenvalue weighted by Crippen LogP contribution is 2.37. The molecule has 0 amide bonds. The largest absolute Gasteiger partial charge is 0.496 e. The van der Waals surface area contributed by atoms with Crippen LogP contribution in [0.3, 0.4) is 0 Å². The molecule has 0 saturated heterocycles. The second kappa shape index (κ2) is 7.27. The van der Waals surface area contributed by atoms with Crippen LogP contribution in [0.1, 0.15) is 22.7 Å². The van der Waals surface area contributed by atoms with Crippen LogP contribution in [0.5, 0.6) is 5.75 Å². The third-order valence-corrected chi connectivity index (χ3v) is 5.42. The maximum absolute atomic E-state index is 5.53. The van der Waals surface area contributed by atoms with Gasteiger partial charge in [-0.05, 0) is 49.4 Å². The van der Waals surface area contributed by atoms with Crippen LogP contribution in [0.25, 0.3) is 0 Å². The minimum Gasteiger partial charge on any atom is -0.496 e. The summed E-state index contributed by atoms with van der Waals surface area (Å²) in [6.07, 6.45) is 0. The van der Waals surface area contributed by atoms with E-state index in [0.717, 1.165) is 30.3 Å². The first kappa shape index (κ1) is 17.0. The fourth-order valence-corrected chi connectivity index (χ4v) is 3.67. The van der Waals surface area contributed by atoms with E-state index < -0.39 is 0 Å². The van der Waals surface area contributed by atoms with Crippen molar-refractivity contribution in [2.24, 2.45) is 0 Å². The van der Waals surface area contributed by atoms with Gasteiger partial charge in [-0.15, -0.1) is 0 Å². The summed E-state index contributed by atoms with van der Waals surface area (Å²) in [5, 5.41) is 3.37. The lowest BCUT2D eigenvalue weighted by Crippen LogP contribution is -2.19. The summed E-state index contributed by atoms with van der Waals surface area (Å²) in [5.74, 6) is 0.854. The van der Waals surface area contributed by atoms with E-state index in [-0.39, 0.29) is 6.04 Å². The zero-order valence-electron chi connectivity index (χ0n) is 12.0. The molecule has 2 aromatic rings. The van der Waals surface area contributed by atoms with E-state index in [9.17, 15) is 0 Å². The summed E-state index contributed by atoms with van der Waals surface area (Å²) < 4.78 is 8.70. The highest BCUT2D eigenvalue weighted by atomic mass is 79.9. The van der Waals surface area contributed by atoms with Crippen LogP contribution in [-0.4, -0.2) is 14.2 Å². The van der Waals surface area contributed by atoms with Crippen molar-refractivity contribution in [2.45, 2.75) is 13.0 Å². The lowest BCUT2D eigenvalue weighted by atomic mass is 9.97. The fraction of sp³-hybridized carbons (Fsp3) is 0.250. The molecule has 0 aliphatic rings. The van der Waals surface area contributed by atoms with Gasteiger partial charge < -0.3 is 10.1 Å². The Morgan fingerprint density at radius 2 is 1.71 bits per heavy atom. The SMILES string of the molecule is CNC(c1cc(Br)c(C)cc1Br)c1ccc(Br)cc1OC. The predicted molar refractivity (Wildman–Crippen MR) is 98.2 cm³/mol. The van der Waals surface area contributed by atoms with Gasteiger partial charge in [-0.2, -0.15) is 0 Å². The third-order valence-electron chi connectivity index (χ3n) is 3.38. The smallest absolute Gasteiger partial charge is 0.125 e. The number of rotatable bonds is 4. The van der Waals surface area contributed by atoms with Gasteiger partial charge in [-0.1, -0.05) is 53.9 Å². The van der Waals surface area contributed by atoms with Gasteiger partial charge in [0.05, 0.1) is 13.2 Å². The van der Waals surface area contributed by atoms with Crippen LogP contribution < -0.4 is 10.1 Å². The van der Waals surface area contributed by atoms with Gasteiger partial charge in [0, 0.05) is 19.0 Å². The molecule has 0 spiro atoms. The quantitative estimate of drug-likeness (QED) is 0.619. The predicted octanol–water partition coefficient (Wildman–Crippen LogP) is 5.60. The van der Waals surface area contributed by atoms with Gasteiger partial charge in [-0.3, -0.25) is 0 Å². The Balaban J connectivity index is 2.57. The summed E-state index contributed by atoms with van der Waals surface area (Å²) in [5.41, 5.74) is 3.46. The summed E-state index contributed by atoms with van der Waals surface area (Å²) in [4.78, 5) is 0. The lowest BCUT2D eigenvalue weighted by molar-refractivity contribution is 0.405. The molecule has 112 valence electrons. The highest BCUT2D eigenvalue weighted by Gasteiger charge is 2.20. The molecule has 0 radical (unpaired) electrons. The standard InChI is InChI=1S/C16H16Br3NO/c1-9-6-14(19)12(8-13(9)18)16(20-2)11-5-4-10(17)7-15(11)21-3/h4-8,16,20H,1-3H3. The minimum atomic E-state index is 0.0410. The molecule has 2 rings (SSSR count). The molecule has 2 aromatic carbocycles. The molecule has 0 aliphatic carbocycles. The van der Waals surface area contributed by atoms with Crippen LogP contribution in [-0.2, 0) is 0 Å². The van der Waals surface area contributed by atoms with E-state index in [1.165, 1.54) is 5.56 Å². The number of ether oxygens (including phenoxy) is 1. The molecular weight excluding hydrogens is 462 g/mol. The number of hydrogen-bond acceptors (Lipinski definition) is 2. The number of aryl methyl sites for hydroxylation is 1. The van der Waals surface area contributed by atoms with Crippen molar-refractivity contribution >= 4 is 47.8 Å². The average molecular weight is 478 g/mol. The molecule has 0 heterocycles. The van der Waals surface area contributed by atoms with Crippen molar-refractivity contribution in [3.63, 3.8) is 0 Å². The van der Waals surface area contributed by atoms with Gasteiger partial charge in [0.1, 0.15) is 5.75 Å². The number of halogens is 3. The Morgan fingerprint density at radius 1 is 1.00 bits per heavy atom. The summed E-state index contributed by atoms with van der Waals surface area (Å²) >= 11 is 10.8. The van der Waals surface area contributed by atoms with E-state index in [0.29, 0.717) is 0 Å². The molecule has 21 heavy (non-hydrogen) atoms. The van der Waals surface area contributed by atoms with Gasteiger partial charge in [0.25, 0.3) is 0 Å². The summed E-state index contributed by atoms with van der Waals surface area (Å²) in [6, 6.07) is 10.4. The number of nitrogens with one attached hydrogen (secondary N) is 1. The van der Waals surface area contributed by atoms with E-state index in [1.807, 2.05) is 19.2 Å². The molecule has 0 saturated carbocycles. The summed E-state index contributed by atoms with van der Waals surface area (Å²) in [7, 11) is 3.64.